The first-order chi connectivity index (χ1) is 12.1. The molecule has 0 N–H and O–H groups in total. The van der Waals surface area contributed by atoms with Crippen LogP contribution in [0.25, 0.3) is 5.69 Å². The standard InChI is InChI=1S/C17H13N5O3/c23-17(13-2-4-14(5-3-13)21-11-18-10-19-21)20-8-7-12-1-6-15(22(24)25)9-16(12)20/h1-6,9-11H,7-8H2. The number of amides is 1. The lowest BCUT2D eigenvalue weighted by Gasteiger charge is -2.17. The van der Waals surface area contributed by atoms with E-state index >= 15 is 0 Å². The SMILES string of the molecule is O=C(c1ccc(-n2cncn2)cc1)N1CCc2ccc([N+](=O)[O-])cc21. The second-order valence-corrected chi connectivity index (χ2v) is 5.66. The molecule has 1 aliphatic heterocycles. The number of nitro benzene ring substituents is 1. The Bertz CT molecular complexity index is 951. The summed E-state index contributed by atoms with van der Waals surface area (Å²) >= 11 is 0. The van der Waals surface area contributed by atoms with Crippen LogP contribution in [0.1, 0.15) is 15.9 Å². The molecule has 4 rings (SSSR count). The summed E-state index contributed by atoms with van der Waals surface area (Å²) in [6.45, 7) is 0.514. The third-order valence-electron chi connectivity index (χ3n) is 4.22. The smallest absolute Gasteiger partial charge is 0.271 e. The minimum absolute atomic E-state index is 0.0139. The highest BCUT2D eigenvalue weighted by molar-refractivity contribution is 6.07. The normalized spacial score (nSPS) is 12.9. The van der Waals surface area contributed by atoms with E-state index in [1.807, 2.05) is 0 Å². The Morgan fingerprint density at radius 3 is 2.64 bits per heavy atom. The number of non-ortho nitro benzene ring substituents is 1. The Morgan fingerprint density at radius 2 is 1.96 bits per heavy atom. The number of hydrogen-bond donors (Lipinski definition) is 0. The summed E-state index contributed by atoms with van der Waals surface area (Å²) in [5.74, 6) is -0.176. The Kier molecular flexibility index (Phi) is 3.50. The van der Waals surface area contributed by atoms with Crippen molar-refractivity contribution >= 4 is 17.3 Å². The van der Waals surface area contributed by atoms with Crippen molar-refractivity contribution in [3.05, 3.63) is 76.4 Å². The second-order valence-electron chi connectivity index (χ2n) is 5.66. The van der Waals surface area contributed by atoms with Gasteiger partial charge in [0, 0.05) is 24.2 Å². The molecule has 8 heteroatoms. The molecule has 2 heterocycles. The highest BCUT2D eigenvalue weighted by Gasteiger charge is 2.27. The maximum atomic E-state index is 12.8. The quantitative estimate of drug-likeness (QED) is 0.541. The van der Waals surface area contributed by atoms with E-state index < -0.39 is 4.92 Å². The molecule has 0 saturated carbocycles. The summed E-state index contributed by atoms with van der Waals surface area (Å²) in [5.41, 5.74) is 2.85. The fourth-order valence-corrected chi connectivity index (χ4v) is 2.95. The predicted molar refractivity (Wildman–Crippen MR) is 89.8 cm³/mol. The van der Waals surface area contributed by atoms with Gasteiger partial charge >= 0.3 is 0 Å². The summed E-state index contributed by atoms with van der Waals surface area (Å²) in [5, 5.41) is 15.0. The molecule has 0 aliphatic carbocycles. The number of nitro groups is 1. The average molecular weight is 335 g/mol. The zero-order valence-corrected chi connectivity index (χ0v) is 13.1. The van der Waals surface area contributed by atoms with E-state index in [-0.39, 0.29) is 11.6 Å². The first-order valence-electron chi connectivity index (χ1n) is 7.68. The number of fused-ring (bicyclic) bond motifs is 1. The molecule has 2 aromatic carbocycles. The van der Waals surface area contributed by atoms with Crippen LogP contribution in [0, 0.1) is 10.1 Å². The number of hydrogen-bond acceptors (Lipinski definition) is 5. The second kappa shape index (κ2) is 5.82. The Labute approximate surface area is 142 Å². The van der Waals surface area contributed by atoms with Gasteiger partial charge < -0.3 is 4.90 Å². The first kappa shape index (κ1) is 15.0. The van der Waals surface area contributed by atoms with Gasteiger partial charge in [0.05, 0.1) is 16.3 Å². The minimum Gasteiger partial charge on any atom is -0.308 e. The van der Waals surface area contributed by atoms with E-state index in [0.29, 0.717) is 24.2 Å². The summed E-state index contributed by atoms with van der Waals surface area (Å²) in [6.07, 6.45) is 3.70. The molecule has 0 saturated heterocycles. The molecule has 25 heavy (non-hydrogen) atoms. The third-order valence-corrected chi connectivity index (χ3v) is 4.22. The van der Waals surface area contributed by atoms with Crippen molar-refractivity contribution in [3.63, 3.8) is 0 Å². The van der Waals surface area contributed by atoms with Gasteiger partial charge in [0.15, 0.2) is 0 Å². The summed E-state index contributed by atoms with van der Waals surface area (Å²) in [6, 6.07) is 11.7. The highest BCUT2D eigenvalue weighted by Crippen LogP contribution is 2.32. The molecule has 0 radical (unpaired) electrons. The molecule has 0 fully saturated rings. The molecular weight excluding hydrogens is 322 g/mol. The molecule has 0 spiro atoms. The average Bonchev–Trinajstić information content (AvgIpc) is 3.30. The summed E-state index contributed by atoms with van der Waals surface area (Å²) in [7, 11) is 0. The van der Waals surface area contributed by atoms with Gasteiger partial charge in [-0.2, -0.15) is 5.10 Å². The monoisotopic (exact) mass is 335 g/mol. The number of anilines is 1. The van der Waals surface area contributed by atoms with Gasteiger partial charge in [-0.1, -0.05) is 6.07 Å². The Hall–Kier alpha value is -3.55. The number of rotatable bonds is 3. The number of carbonyl (C=O) groups excluding carboxylic acids is 1. The Balaban J connectivity index is 1.63. The number of carbonyl (C=O) groups is 1. The largest absolute Gasteiger partial charge is 0.308 e. The number of nitrogens with zero attached hydrogens (tertiary/aromatic N) is 5. The lowest BCUT2D eigenvalue weighted by Crippen LogP contribution is -2.28. The fourth-order valence-electron chi connectivity index (χ4n) is 2.95. The van der Waals surface area contributed by atoms with Gasteiger partial charge in [-0.15, -0.1) is 0 Å². The van der Waals surface area contributed by atoms with Crippen LogP contribution in [-0.2, 0) is 6.42 Å². The van der Waals surface area contributed by atoms with Gasteiger partial charge in [0.25, 0.3) is 11.6 Å². The van der Waals surface area contributed by atoms with E-state index in [0.717, 1.165) is 11.3 Å². The number of aromatic nitrogens is 3. The van der Waals surface area contributed by atoms with Gasteiger partial charge in [0.1, 0.15) is 12.7 Å². The highest BCUT2D eigenvalue weighted by atomic mass is 16.6. The molecule has 0 atom stereocenters. The van der Waals surface area contributed by atoms with Crippen LogP contribution in [0.4, 0.5) is 11.4 Å². The molecule has 0 unspecified atom stereocenters. The molecule has 1 amide bonds. The molecule has 3 aromatic rings. The van der Waals surface area contributed by atoms with Gasteiger partial charge in [0.2, 0.25) is 0 Å². The van der Waals surface area contributed by atoms with Crippen molar-refractivity contribution in [3.8, 4) is 5.69 Å². The van der Waals surface area contributed by atoms with Gasteiger partial charge in [-0.25, -0.2) is 9.67 Å². The lowest BCUT2D eigenvalue weighted by atomic mass is 10.1. The van der Waals surface area contributed by atoms with E-state index in [1.165, 1.54) is 18.5 Å². The van der Waals surface area contributed by atoms with Gasteiger partial charge in [-0.3, -0.25) is 14.9 Å². The van der Waals surface area contributed by atoms with E-state index in [9.17, 15) is 14.9 Å². The topological polar surface area (TPSA) is 94.2 Å². The van der Waals surface area contributed by atoms with Crippen LogP contribution in [0.15, 0.2) is 55.1 Å². The van der Waals surface area contributed by atoms with Crippen molar-refractivity contribution in [2.24, 2.45) is 0 Å². The molecule has 8 nitrogen and oxygen atoms in total. The van der Waals surface area contributed by atoms with Crippen LogP contribution < -0.4 is 4.90 Å². The van der Waals surface area contributed by atoms with Crippen molar-refractivity contribution in [1.29, 1.82) is 0 Å². The van der Waals surface area contributed by atoms with Crippen molar-refractivity contribution in [2.75, 3.05) is 11.4 Å². The van der Waals surface area contributed by atoms with Crippen LogP contribution >= 0.6 is 0 Å². The van der Waals surface area contributed by atoms with Crippen molar-refractivity contribution < 1.29 is 9.72 Å². The van der Waals surface area contributed by atoms with Crippen LogP contribution in [0.3, 0.4) is 0 Å². The molecule has 1 aromatic heterocycles. The molecular formula is C17H13N5O3. The third kappa shape index (κ3) is 2.63. The molecule has 124 valence electrons. The van der Waals surface area contributed by atoms with Crippen molar-refractivity contribution in [1.82, 2.24) is 14.8 Å². The van der Waals surface area contributed by atoms with Crippen LogP contribution in [0.5, 0.6) is 0 Å². The minimum atomic E-state index is -0.450. The summed E-state index contributed by atoms with van der Waals surface area (Å²) < 4.78 is 1.60. The fraction of sp³-hybridized carbons (Fsp3) is 0.118. The summed E-state index contributed by atoms with van der Waals surface area (Å²) in [4.78, 5) is 28.8. The Morgan fingerprint density at radius 1 is 1.16 bits per heavy atom. The van der Waals surface area contributed by atoms with Crippen LogP contribution in [-0.4, -0.2) is 32.1 Å². The first-order valence-corrected chi connectivity index (χ1v) is 7.68. The van der Waals surface area contributed by atoms with Gasteiger partial charge in [-0.05, 0) is 36.2 Å². The maximum Gasteiger partial charge on any atom is 0.271 e. The van der Waals surface area contributed by atoms with E-state index in [2.05, 4.69) is 10.1 Å². The molecule has 1 aliphatic rings. The van der Waals surface area contributed by atoms with E-state index in [4.69, 9.17) is 0 Å². The molecule has 0 bridgehead atoms. The van der Waals surface area contributed by atoms with E-state index in [1.54, 1.807) is 46.2 Å². The van der Waals surface area contributed by atoms with Crippen LogP contribution in [0.2, 0.25) is 0 Å². The zero-order valence-electron chi connectivity index (χ0n) is 13.1. The van der Waals surface area contributed by atoms with Crippen molar-refractivity contribution in [2.45, 2.75) is 6.42 Å². The maximum absolute atomic E-state index is 12.8. The predicted octanol–water partition coefficient (Wildman–Crippen LogP) is 2.38. The lowest BCUT2D eigenvalue weighted by molar-refractivity contribution is -0.384. The number of benzene rings is 2. The zero-order chi connectivity index (χ0) is 17.4.